The maximum Gasteiger partial charge on any atom is 0.312 e. The summed E-state index contributed by atoms with van der Waals surface area (Å²) in [5.41, 5.74) is 0.620. The number of hydrogen-bond acceptors (Lipinski definition) is 3. The number of carboxylic acids is 1. The second kappa shape index (κ2) is 8.31. The minimum Gasteiger partial charge on any atom is -0.481 e. The number of carbonyl (C=O) groups is 2. The van der Waals surface area contributed by atoms with E-state index in [0.717, 1.165) is 5.56 Å². The van der Waals surface area contributed by atoms with Crippen molar-refractivity contribution in [1.29, 1.82) is 0 Å². The lowest BCUT2D eigenvalue weighted by atomic mass is 9.73. The Kier molecular flexibility index (Phi) is 5.86. The van der Waals surface area contributed by atoms with Gasteiger partial charge >= 0.3 is 5.97 Å². The molecule has 0 aromatic heterocycles. The molecule has 6 heteroatoms. The molecule has 1 amide bonds. The molecule has 2 aromatic carbocycles. The van der Waals surface area contributed by atoms with Crippen LogP contribution in [0.15, 0.2) is 54.6 Å². The van der Waals surface area contributed by atoms with Crippen molar-refractivity contribution in [2.75, 3.05) is 19.8 Å². The van der Waals surface area contributed by atoms with Crippen LogP contribution in [0.3, 0.4) is 0 Å². The van der Waals surface area contributed by atoms with Gasteiger partial charge in [-0.3, -0.25) is 9.59 Å². The van der Waals surface area contributed by atoms with E-state index in [1.807, 2.05) is 30.3 Å². The van der Waals surface area contributed by atoms with E-state index in [1.165, 1.54) is 24.3 Å². The number of carbonyl (C=O) groups excluding carboxylic acids is 1. The molecule has 5 nitrogen and oxygen atoms in total. The van der Waals surface area contributed by atoms with Gasteiger partial charge in [0.05, 0.1) is 11.3 Å². The van der Waals surface area contributed by atoms with E-state index in [2.05, 4.69) is 5.32 Å². The van der Waals surface area contributed by atoms with Crippen molar-refractivity contribution >= 4 is 11.9 Å². The molecule has 2 aromatic rings. The molecule has 1 aliphatic rings. The summed E-state index contributed by atoms with van der Waals surface area (Å²) in [7, 11) is 0. The van der Waals surface area contributed by atoms with Crippen LogP contribution in [0, 0.1) is 5.82 Å². The second-order valence-corrected chi connectivity index (χ2v) is 6.71. The monoisotopic (exact) mass is 371 g/mol. The first kappa shape index (κ1) is 19.0. The topological polar surface area (TPSA) is 75.6 Å². The van der Waals surface area contributed by atoms with E-state index in [4.69, 9.17) is 4.74 Å². The maximum atomic E-state index is 13.1. The fourth-order valence-electron chi connectivity index (χ4n) is 3.53. The van der Waals surface area contributed by atoms with Crippen LogP contribution in [0.1, 0.15) is 29.9 Å². The van der Waals surface area contributed by atoms with Crippen LogP contribution in [-0.4, -0.2) is 36.7 Å². The molecule has 1 heterocycles. The number of rotatable bonds is 6. The van der Waals surface area contributed by atoms with Crippen molar-refractivity contribution < 1.29 is 23.8 Å². The number of aliphatic carboxylic acids is 1. The molecule has 0 spiro atoms. The number of halogens is 1. The minimum absolute atomic E-state index is 0.0603. The third-order valence-electron chi connectivity index (χ3n) is 5.14. The van der Waals surface area contributed by atoms with Gasteiger partial charge in [0.1, 0.15) is 5.82 Å². The van der Waals surface area contributed by atoms with E-state index < -0.39 is 23.1 Å². The van der Waals surface area contributed by atoms with Crippen molar-refractivity contribution in [2.24, 2.45) is 0 Å². The largest absolute Gasteiger partial charge is 0.481 e. The number of ether oxygens (including phenoxy) is 1. The molecular weight excluding hydrogens is 349 g/mol. The number of amides is 1. The Morgan fingerprint density at radius 1 is 1.07 bits per heavy atom. The molecule has 3 rings (SSSR count). The summed E-state index contributed by atoms with van der Waals surface area (Å²) in [4.78, 5) is 24.8. The lowest BCUT2D eigenvalue weighted by Crippen LogP contribution is -2.49. The third kappa shape index (κ3) is 4.17. The SMILES string of the molecule is O=C(O)C(CNC(=O)C1(c2ccccc2)CCOCC1)c1ccc(F)cc1. The van der Waals surface area contributed by atoms with Crippen molar-refractivity contribution in [3.63, 3.8) is 0 Å². The van der Waals surface area contributed by atoms with Gasteiger partial charge in [-0.15, -0.1) is 0 Å². The summed E-state index contributed by atoms with van der Waals surface area (Å²) in [5, 5.41) is 12.4. The molecule has 142 valence electrons. The zero-order chi connectivity index (χ0) is 19.3. The number of nitrogens with one attached hydrogen (secondary N) is 1. The molecule has 27 heavy (non-hydrogen) atoms. The summed E-state index contributed by atoms with van der Waals surface area (Å²) in [5.74, 6) is -2.65. The first-order valence-corrected chi connectivity index (χ1v) is 8.93. The van der Waals surface area contributed by atoms with Gasteiger partial charge in [-0.05, 0) is 36.1 Å². The van der Waals surface area contributed by atoms with Crippen molar-refractivity contribution in [3.8, 4) is 0 Å². The van der Waals surface area contributed by atoms with Gasteiger partial charge < -0.3 is 15.2 Å². The number of carboxylic acid groups (broad SMARTS) is 1. The van der Waals surface area contributed by atoms with Gasteiger partial charge in [0.15, 0.2) is 0 Å². The smallest absolute Gasteiger partial charge is 0.312 e. The molecule has 1 unspecified atom stereocenters. The van der Waals surface area contributed by atoms with E-state index in [9.17, 15) is 19.1 Å². The molecule has 0 radical (unpaired) electrons. The molecule has 0 saturated carbocycles. The zero-order valence-electron chi connectivity index (χ0n) is 14.9. The molecule has 1 aliphatic heterocycles. The molecular formula is C21H22FNO4. The van der Waals surface area contributed by atoms with Crippen LogP contribution in [0.5, 0.6) is 0 Å². The lowest BCUT2D eigenvalue weighted by Gasteiger charge is -2.36. The predicted molar refractivity (Wildman–Crippen MR) is 98.0 cm³/mol. The molecule has 0 aliphatic carbocycles. The quantitative estimate of drug-likeness (QED) is 0.819. The lowest BCUT2D eigenvalue weighted by molar-refractivity contribution is -0.139. The summed E-state index contributed by atoms with van der Waals surface area (Å²) < 4.78 is 18.5. The first-order valence-electron chi connectivity index (χ1n) is 8.93. The van der Waals surface area contributed by atoms with Gasteiger partial charge in [-0.1, -0.05) is 42.5 Å². The number of benzene rings is 2. The Balaban J connectivity index is 1.79. The molecule has 2 N–H and O–H groups in total. The normalized spacial score (nSPS) is 17.1. The van der Waals surface area contributed by atoms with Crippen molar-refractivity contribution in [2.45, 2.75) is 24.2 Å². The highest BCUT2D eigenvalue weighted by Crippen LogP contribution is 2.35. The van der Waals surface area contributed by atoms with Crippen LogP contribution < -0.4 is 5.32 Å². The Morgan fingerprint density at radius 3 is 2.30 bits per heavy atom. The Morgan fingerprint density at radius 2 is 1.70 bits per heavy atom. The molecule has 1 atom stereocenters. The zero-order valence-corrected chi connectivity index (χ0v) is 14.9. The van der Waals surface area contributed by atoms with Gasteiger partial charge in [-0.2, -0.15) is 0 Å². The Bertz CT molecular complexity index is 786. The highest BCUT2D eigenvalue weighted by Gasteiger charge is 2.41. The van der Waals surface area contributed by atoms with E-state index in [1.54, 1.807) is 0 Å². The molecule has 1 saturated heterocycles. The van der Waals surface area contributed by atoms with Gasteiger partial charge in [0.25, 0.3) is 0 Å². The predicted octanol–water partition coefficient (Wildman–Crippen LogP) is 2.86. The maximum absolute atomic E-state index is 13.1. The first-order chi connectivity index (χ1) is 13.0. The fourth-order valence-corrected chi connectivity index (χ4v) is 3.53. The fraction of sp³-hybridized carbons (Fsp3) is 0.333. The Hall–Kier alpha value is -2.73. The Labute approximate surface area is 157 Å². The van der Waals surface area contributed by atoms with Crippen molar-refractivity contribution in [1.82, 2.24) is 5.32 Å². The van der Waals surface area contributed by atoms with E-state index in [0.29, 0.717) is 31.6 Å². The van der Waals surface area contributed by atoms with Crippen LogP contribution in [0.2, 0.25) is 0 Å². The average molecular weight is 371 g/mol. The standard InChI is InChI=1S/C21H22FNO4/c22-17-8-6-15(7-9-17)18(19(24)25)14-23-20(26)21(10-12-27-13-11-21)16-4-2-1-3-5-16/h1-9,18H,10-14H2,(H,23,26)(H,24,25). The number of hydrogen-bond donors (Lipinski definition) is 2. The average Bonchev–Trinajstić information content (AvgIpc) is 2.70. The summed E-state index contributed by atoms with van der Waals surface area (Å²) in [6.45, 7) is 0.889. The third-order valence-corrected chi connectivity index (χ3v) is 5.14. The van der Waals surface area contributed by atoms with Crippen LogP contribution in [-0.2, 0) is 19.7 Å². The van der Waals surface area contributed by atoms with Crippen molar-refractivity contribution in [3.05, 3.63) is 71.5 Å². The van der Waals surface area contributed by atoms with Crippen LogP contribution in [0.4, 0.5) is 4.39 Å². The second-order valence-electron chi connectivity index (χ2n) is 6.71. The summed E-state index contributed by atoms with van der Waals surface area (Å²) in [6, 6.07) is 14.8. The summed E-state index contributed by atoms with van der Waals surface area (Å²) >= 11 is 0. The summed E-state index contributed by atoms with van der Waals surface area (Å²) in [6.07, 6.45) is 1.08. The minimum atomic E-state index is -1.07. The van der Waals surface area contributed by atoms with E-state index in [-0.39, 0.29) is 12.5 Å². The highest BCUT2D eigenvalue weighted by molar-refractivity contribution is 5.89. The van der Waals surface area contributed by atoms with E-state index >= 15 is 0 Å². The van der Waals surface area contributed by atoms with Gasteiger partial charge in [-0.25, -0.2) is 4.39 Å². The molecule has 1 fully saturated rings. The van der Waals surface area contributed by atoms with Gasteiger partial charge in [0.2, 0.25) is 5.91 Å². The van der Waals surface area contributed by atoms with Crippen LogP contribution >= 0.6 is 0 Å². The highest BCUT2D eigenvalue weighted by atomic mass is 19.1. The molecule has 0 bridgehead atoms. The van der Waals surface area contributed by atoms with Crippen LogP contribution in [0.25, 0.3) is 0 Å². The van der Waals surface area contributed by atoms with Gasteiger partial charge in [0, 0.05) is 19.8 Å².